The predicted molar refractivity (Wildman–Crippen MR) is 120 cm³/mol. The fraction of sp³-hybridized carbons (Fsp3) is 0.238. The number of hydrogen-bond donors (Lipinski definition) is 1. The highest BCUT2D eigenvalue weighted by Crippen LogP contribution is 2.24. The maximum Gasteiger partial charge on any atom is 0.257 e. The summed E-state index contributed by atoms with van der Waals surface area (Å²) in [6.07, 6.45) is 5.12. The van der Waals surface area contributed by atoms with Crippen molar-refractivity contribution in [3.63, 3.8) is 0 Å². The number of fused-ring (bicyclic) bond motifs is 1. The van der Waals surface area contributed by atoms with Gasteiger partial charge in [-0.3, -0.25) is 9.78 Å². The molecule has 1 aliphatic heterocycles. The molecule has 0 spiro atoms. The smallest absolute Gasteiger partial charge is 0.257 e. The van der Waals surface area contributed by atoms with Crippen molar-refractivity contribution in [1.29, 1.82) is 0 Å². The highest BCUT2D eigenvalue weighted by atomic mass is 32.1. The minimum absolute atomic E-state index is 0.219. The second kappa shape index (κ2) is 8.32. The van der Waals surface area contributed by atoms with Crippen molar-refractivity contribution in [1.82, 2.24) is 30.0 Å². The molecule has 0 aliphatic carbocycles. The molecular weight excluding hydrogens is 412 g/mol. The van der Waals surface area contributed by atoms with Gasteiger partial charge in [-0.2, -0.15) is 0 Å². The standard InChI is InChI=1S/C21H20N8OS/c1-28-4-6-29(7-5-28)19-10-14(2-3-22-19)20(30)26-18-9-15-8-17(21-27-25-13-31-21)23-11-16(15)12-24-18/h2-3,8-13H,4-7H2,1H3,(H,24,26,30). The van der Waals surface area contributed by atoms with E-state index in [1.165, 1.54) is 11.3 Å². The van der Waals surface area contributed by atoms with Gasteiger partial charge in [-0.1, -0.05) is 11.3 Å². The Labute approximate surface area is 182 Å². The Hall–Kier alpha value is -3.50. The maximum atomic E-state index is 12.9. The van der Waals surface area contributed by atoms with Gasteiger partial charge in [-0.15, -0.1) is 10.2 Å². The lowest BCUT2D eigenvalue weighted by Gasteiger charge is -2.33. The Morgan fingerprint density at radius 3 is 2.68 bits per heavy atom. The Bertz CT molecular complexity index is 1220. The summed E-state index contributed by atoms with van der Waals surface area (Å²) in [4.78, 5) is 30.6. The SMILES string of the molecule is CN1CCN(c2cc(C(=O)Nc3cc4cc(-c5nncs5)ncc4cn3)ccn2)CC1. The van der Waals surface area contributed by atoms with Gasteiger partial charge in [-0.25, -0.2) is 9.97 Å². The molecule has 5 rings (SSSR count). The van der Waals surface area contributed by atoms with Gasteiger partial charge in [0.05, 0.1) is 0 Å². The minimum atomic E-state index is -0.219. The van der Waals surface area contributed by atoms with Crippen LogP contribution in [0.3, 0.4) is 0 Å². The largest absolute Gasteiger partial charge is 0.354 e. The van der Waals surface area contributed by atoms with Crippen molar-refractivity contribution < 1.29 is 4.79 Å². The Balaban J connectivity index is 1.35. The number of rotatable bonds is 4. The number of anilines is 2. The fourth-order valence-electron chi connectivity index (χ4n) is 3.46. The molecule has 9 nitrogen and oxygen atoms in total. The second-order valence-electron chi connectivity index (χ2n) is 7.38. The molecule has 0 bridgehead atoms. The van der Waals surface area contributed by atoms with Crippen molar-refractivity contribution in [3.8, 4) is 10.7 Å². The van der Waals surface area contributed by atoms with Crippen LogP contribution in [0.2, 0.25) is 0 Å². The molecule has 1 aliphatic rings. The molecule has 0 radical (unpaired) electrons. The van der Waals surface area contributed by atoms with Gasteiger partial charge in [0.2, 0.25) is 0 Å². The number of aromatic nitrogens is 5. The Morgan fingerprint density at radius 1 is 1.03 bits per heavy atom. The minimum Gasteiger partial charge on any atom is -0.354 e. The number of likely N-dealkylation sites (N-methyl/N-ethyl adjacent to an activating group) is 1. The third kappa shape index (κ3) is 4.21. The normalized spacial score (nSPS) is 14.7. The van der Waals surface area contributed by atoms with Crippen molar-refractivity contribution in [2.24, 2.45) is 0 Å². The first kappa shape index (κ1) is 19.5. The molecule has 1 saturated heterocycles. The van der Waals surface area contributed by atoms with Gasteiger partial charge >= 0.3 is 0 Å². The Kier molecular flexibility index (Phi) is 5.23. The lowest BCUT2D eigenvalue weighted by atomic mass is 10.2. The summed E-state index contributed by atoms with van der Waals surface area (Å²) >= 11 is 1.43. The van der Waals surface area contributed by atoms with Crippen LogP contribution in [0.5, 0.6) is 0 Å². The molecule has 1 fully saturated rings. The quantitative estimate of drug-likeness (QED) is 0.525. The van der Waals surface area contributed by atoms with E-state index >= 15 is 0 Å². The van der Waals surface area contributed by atoms with Crippen LogP contribution in [0.15, 0.2) is 48.4 Å². The molecule has 4 aromatic heterocycles. The lowest BCUT2D eigenvalue weighted by molar-refractivity contribution is 0.102. The van der Waals surface area contributed by atoms with Crippen molar-refractivity contribution in [2.75, 3.05) is 43.4 Å². The van der Waals surface area contributed by atoms with Gasteiger partial charge in [-0.05, 0) is 36.7 Å². The second-order valence-corrected chi connectivity index (χ2v) is 8.21. The number of nitrogens with one attached hydrogen (secondary N) is 1. The van der Waals surface area contributed by atoms with E-state index in [4.69, 9.17) is 0 Å². The van der Waals surface area contributed by atoms with Crippen LogP contribution in [0.25, 0.3) is 21.5 Å². The zero-order chi connectivity index (χ0) is 21.2. The van der Waals surface area contributed by atoms with Crippen LogP contribution in [0.1, 0.15) is 10.4 Å². The lowest BCUT2D eigenvalue weighted by Crippen LogP contribution is -2.44. The summed E-state index contributed by atoms with van der Waals surface area (Å²) in [6.45, 7) is 3.75. The molecule has 0 atom stereocenters. The van der Waals surface area contributed by atoms with E-state index < -0.39 is 0 Å². The highest BCUT2D eigenvalue weighted by molar-refractivity contribution is 7.12. The summed E-state index contributed by atoms with van der Waals surface area (Å²) in [5.74, 6) is 1.08. The van der Waals surface area contributed by atoms with E-state index in [2.05, 4.69) is 47.3 Å². The zero-order valence-electron chi connectivity index (χ0n) is 16.9. The number of piperazine rings is 1. The van der Waals surface area contributed by atoms with Crippen molar-refractivity contribution in [2.45, 2.75) is 0 Å². The number of hydrogen-bond acceptors (Lipinski definition) is 9. The molecule has 5 heterocycles. The summed E-state index contributed by atoms with van der Waals surface area (Å²) in [7, 11) is 2.11. The summed E-state index contributed by atoms with van der Waals surface area (Å²) in [6, 6.07) is 7.31. The van der Waals surface area contributed by atoms with Gasteiger partial charge in [0.15, 0.2) is 5.01 Å². The van der Waals surface area contributed by atoms with E-state index in [-0.39, 0.29) is 5.91 Å². The molecule has 156 valence electrons. The van der Waals surface area contributed by atoms with Crippen LogP contribution in [-0.4, -0.2) is 69.2 Å². The number of pyridine rings is 3. The average Bonchev–Trinajstić information content (AvgIpc) is 3.34. The molecular formula is C21H20N8OS. The third-order valence-corrected chi connectivity index (χ3v) is 5.97. The molecule has 4 aromatic rings. The Morgan fingerprint density at radius 2 is 1.87 bits per heavy atom. The molecule has 0 saturated carbocycles. The van der Waals surface area contributed by atoms with Crippen LogP contribution in [0.4, 0.5) is 11.6 Å². The van der Waals surface area contributed by atoms with Crippen LogP contribution in [-0.2, 0) is 0 Å². The first-order chi connectivity index (χ1) is 15.2. The van der Waals surface area contributed by atoms with E-state index in [0.29, 0.717) is 11.4 Å². The van der Waals surface area contributed by atoms with Crippen LogP contribution in [0, 0.1) is 0 Å². The fourth-order valence-corrected chi connectivity index (χ4v) is 3.99. The molecule has 10 heteroatoms. The van der Waals surface area contributed by atoms with E-state index in [0.717, 1.165) is 53.5 Å². The van der Waals surface area contributed by atoms with E-state index in [1.54, 1.807) is 30.2 Å². The van der Waals surface area contributed by atoms with E-state index in [1.807, 2.05) is 18.2 Å². The average molecular weight is 433 g/mol. The zero-order valence-corrected chi connectivity index (χ0v) is 17.7. The number of amides is 1. The predicted octanol–water partition coefficient (Wildman–Crippen LogP) is 2.55. The highest BCUT2D eigenvalue weighted by Gasteiger charge is 2.17. The number of carbonyl (C=O) groups excluding carboxylic acids is 1. The summed E-state index contributed by atoms with van der Waals surface area (Å²) in [5, 5.41) is 13.4. The first-order valence-electron chi connectivity index (χ1n) is 9.89. The summed E-state index contributed by atoms with van der Waals surface area (Å²) < 4.78 is 0. The van der Waals surface area contributed by atoms with Gasteiger partial charge < -0.3 is 15.1 Å². The molecule has 1 amide bonds. The van der Waals surface area contributed by atoms with E-state index in [9.17, 15) is 4.79 Å². The third-order valence-electron chi connectivity index (χ3n) is 5.26. The van der Waals surface area contributed by atoms with Crippen molar-refractivity contribution in [3.05, 3.63) is 53.9 Å². The molecule has 31 heavy (non-hydrogen) atoms. The molecule has 1 N–H and O–H groups in total. The molecule has 0 aromatic carbocycles. The topological polar surface area (TPSA) is 100 Å². The monoisotopic (exact) mass is 432 g/mol. The first-order valence-corrected chi connectivity index (χ1v) is 10.8. The van der Waals surface area contributed by atoms with Crippen LogP contribution < -0.4 is 10.2 Å². The molecule has 0 unspecified atom stereocenters. The van der Waals surface area contributed by atoms with Crippen molar-refractivity contribution >= 4 is 39.7 Å². The maximum absolute atomic E-state index is 12.9. The van der Waals surface area contributed by atoms with Gasteiger partial charge in [0, 0.05) is 55.7 Å². The van der Waals surface area contributed by atoms with Gasteiger partial charge in [0.1, 0.15) is 22.8 Å². The van der Waals surface area contributed by atoms with Gasteiger partial charge in [0.25, 0.3) is 5.91 Å². The number of nitrogens with zero attached hydrogens (tertiary/aromatic N) is 7. The summed E-state index contributed by atoms with van der Waals surface area (Å²) in [5.41, 5.74) is 2.96. The van der Waals surface area contributed by atoms with Crippen LogP contribution >= 0.6 is 11.3 Å². The number of carbonyl (C=O) groups is 1.